The molecule has 0 radical (unpaired) electrons. The predicted molar refractivity (Wildman–Crippen MR) is 95.6 cm³/mol. The largest absolute Gasteiger partial charge is 0.312 e. The van der Waals surface area contributed by atoms with Crippen LogP contribution in [0.15, 0.2) is 0 Å². The fourth-order valence-corrected chi connectivity index (χ4v) is 3.65. The SMILES string of the molecule is CC(C)C1CCC(CNC(C)(C)C)C(CCC(C)(C)C)C1. The predicted octanol–water partition coefficient (Wildman–Crippen LogP) is 5.89. The van der Waals surface area contributed by atoms with Crippen LogP contribution in [0, 0.1) is 29.1 Å². The highest BCUT2D eigenvalue weighted by Gasteiger charge is 2.32. The van der Waals surface area contributed by atoms with Crippen LogP contribution in [-0.2, 0) is 0 Å². The van der Waals surface area contributed by atoms with Gasteiger partial charge in [0.1, 0.15) is 0 Å². The smallest absolute Gasteiger partial charge is 0.00966 e. The van der Waals surface area contributed by atoms with Crippen molar-refractivity contribution in [1.82, 2.24) is 5.32 Å². The van der Waals surface area contributed by atoms with E-state index >= 15 is 0 Å². The van der Waals surface area contributed by atoms with E-state index in [1.165, 1.54) is 38.6 Å². The molecule has 3 atom stereocenters. The van der Waals surface area contributed by atoms with Gasteiger partial charge in [0.05, 0.1) is 0 Å². The molecule has 0 aliphatic heterocycles. The van der Waals surface area contributed by atoms with Gasteiger partial charge in [0.2, 0.25) is 0 Å². The molecule has 0 aromatic carbocycles. The molecule has 0 bridgehead atoms. The fraction of sp³-hybridized carbons (Fsp3) is 1.00. The molecule has 1 heteroatoms. The third kappa shape index (κ3) is 7.68. The first kappa shape index (κ1) is 19.0. The van der Waals surface area contributed by atoms with E-state index in [9.17, 15) is 0 Å². The summed E-state index contributed by atoms with van der Waals surface area (Å²) in [5.41, 5.74) is 0.732. The number of rotatable bonds is 5. The van der Waals surface area contributed by atoms with Crippen molar-refractivity contribution in [2.45, 2.75) is 93.0 Å². The van der Waals surface area contributed by atoms with Gasteiger partial charge in [-0.05, 0) is 88.5 Å². The van der Waals surface area contributed by atoms with Crippen LogP contribution < -0.4 is 5.32 Å². The summed E-state index contributed by atoms with van der Waals surface area (Å²) in [5, 5.41) is 3.76. The maximum Gasteiger partial charge on any atom is 0.00966 e. The summed E-state index contributed by atoms with van der Waals surface area (Å²) in [6.45, 7) is 20.1. The summed E-state index contributed by atoms with van der Waals surface area (Å²) < 4.78 is 0. The van der Waals surface area contributed by atoms with Gasteiger partial charge in [0.25, 0.3) is 0 Å². The van der Waals surface area contributed by atoms with Crippen molar-refractivity contribution in [2.24, 2.45) is 29.1 Å². The van der Waals surface area contributed by atoms with Crippen LogP contribution in [0.4, 0.5) is 0 Å². The van der Waals surface area contributed by atoms with E-state index in [1.54, 1.807) is 0 Å². The van der Waals surface area contributed by atoms with E-state index in [-0.39, 0.29) is 5.54 Å². The molecule has 126 valence electrons. The van der Waals surface area contributed by atoms with E-state index < -0.39 is 0 Å². The second-order valence-corrected chi connectivity index (χ2v) is 10.1. The van der Waals surface area contributed by atoms with E-state index in [0.717, 1.165) is 23.7 Å². The first-order valence-corrected chi connectivity index (χ1v) is 9.23. The van der Waals surface area contributed by atoms with Gasteiger partial charge in [-0.25, -0.2) is 0 Å². The van der Waals surface area contributed by atoms with Gasteiger partial charge in [0, 0.05) is 5.54 Å². The summed E-state index contributed by atoms with van der Waals surface area (Å²) in [4.78, 5) is 0. The van der Waals surface area contributed by atoms with E-state index in [4.69, 9.17) is 0 Å². The lowest BCUT2D eigenvalue weighted by Gasteiger charge is -2.40. The summed E-state index contributed by atoms with van der Waals surface area (Å²) in [5.74, 6) is 3.64. The highest BCUT2D eigenvalue weighted by atomic mass is 14.9. The van der Waals surface area contributed by atoms with Crippen LogP contribution in [0.1, 0.15) is 87.5 Å². The van der Waals surface area contributed by atoms with Crippen molar-refractivity contribution in [3.05, 3.63) is 0 Å². The topological polar surface area (TPSA) is 12.0 Å². The maximum atomic E-state index is 3.76. The van der Waals surface area contributed by atoms with Crippen LogP contribution in [-0.4, -0.2) is 12.1 Å². The second kappa shape index (κ2) is 7.49. The standard InChI is InChI=1S/C20H41N/c1-15(2)16-9-10-18(14-21-20(6,7)8)17(13-16)11-12-19(3,4)5/h15-18,21H,9-14H2,1-8H3. The van der Waals surface area contributed by atoms with Gasteiger partial charge < -0.3 is 5.32 Å². The van der Waals surface area contributed by atoms with E-state index in [1.807, 2.05) is 0 Å². The summed E-state index contributed by atoms with van der Waals surface area (Å²) in [6, 6.07) is 0. The minimum atomic E-state index is 0.253. The molecule has 0 saturated heterocycles. The van der Waals surface area contributed by atoms with Crippen LogP contribution in [0.2, 0.25) is 0 Å². The lowest BCUT2D eigenvalue weighted by molar-refractivity contribution is 0.121. The molecule has 1 aliphatic rings. The molecule has 1 aliphatic carbocycles. The molecule has 0 spiro atoms. The normalized spacial score (nSPS) is 28.1. The molecule has 0 aromatic heterocycles. The Balaban J connectivity index is 2.61. The molecule has 3 unspecified atom stereocenters. The fourth-order valence-electron chi connectivity index (χ4n) is 3.65. The minimum absolute atomic E-state index is 0.253. The molecular weight excluding hydrogens is 254 g/mol. The van der Waals surface area contributed by atoms with Crippen LogP contribution >= 0.6 is 0 Å². The van der Waals surface area contributed by atoms with Gasteiger partial charge >= 0.3 is 0 Å². The van der Waals surface area contributed by atoms with Crippen molar-refractivity contribution in [2.75, 3.05) is 6.54 Å². The van der Waals surface area contributed by atoms with E-state index in [0.29, 0.717) is 5.41 Å². The Labute approximate surface area is 134 Å². The van der Waals surface area contributed by atoms with Crippen LogP contribution in [0.25, 0.3) is 0 Å². The monoisotopic (exact) mass is 295 g/mol. The third-order valence-corrected chi connectivity index (χ3v) is 5.28. The number of hydrogen-bond acceptors (Lipinski definition) is 1. The molecule has 0 amide bonds. The van der Waals surface area contributed by atoms with Crippen molar-refractivity contribution in [1.29, 1.82) is 0 Å². The average molecular weight is 296 g/mol. The zero-order valence-electron chi connectivity index (χ0n) is 16.1. The molecule has 21 heavy (non-hydrogen) atoms. The van der Waals surface area contributed by atoms with Gasteiger partial charge in [-0.3, -0.25) is 0 Å². The average Bonchev–Trinajstić information content (AvgIpc) is 2.32. The zero-order valence-corrected chi connectivity index (χ0v) is 16.1. The van der Waals surface area contributed by atoms with Crippen molar-refractivity contribution in [3.8, 4) is 0 Å². The molecular formula is C20H41N. The highest BCUT2D eigenvalue weighted by Crippen LogP contribution is 2.41. The quantitative estimate of drug-likeness (QED) is 0.667. The van der Waals surface area contributed by atoms with Crippen LogP contribution in [0.5, 0.6) is 0 Å². The zero-order chi connectivity index (χ0) is 16.3. The molecule has 1 N–H and O–H groups in total. The first-order valence-electron chi connectivity index (χ1n) is 9.23. The third-order valence-electron chi connectivity index (χ3n) is 5.28. The van der Waals surface area contributed by atoms with Gasteiger partial charge in [-0.2, -0.15) is 0 Å². The molecule has 1 saturated carbocycles. The molecule has 1 nitrogen and oxygen atoms in total. The Bertz CT molecular complexity index is 292. The molecule has 0 heterocycles. The first-order chi connectivity index (χ1) is 9.48. The summed E-state index contributed by atoms with van der Waals surface area (Å²) >= 11 is 0. The van der Waals surface area contributed by atoms with Gasteiger partial charge in [-0.1, -0.05) is 34.6 Å². The molecule has 1 fully saturated rings. The Kier molecular flexibility index (Phi) is 6.78. The van der Waals surface area contributed by atoms with E-state index in [2.05, 4.69) is 60.7 Å². The minimum Gasteiger partial charge on any atom is -0.312 e. The summed E-state index contributed by atoms with van der Waals surface area (Å²) in [6.07, 6.45) is 7.13. The second-order valence-electron chi connectivity index (χ2n) is 10.1. The highest BCUT2D eigenvalue weighted by molar-refractivity contribution is 4.85. The van der Waals surface area contributed by atoms with Gasteiger partial charge in [-0.15, -0.1) is 0 Å². The molecule has 0 aromatic rings. The number of nitrogens with one attached hydrogen (secondary N) is 1. The Hall–Kier alpha value is -0.0400. The molecule has 1 rings (SSSR count). The van der Waals surface area contributed by atoms with Crippen LogP contribution in [0.3, 0.4) is 0 Å². The lowest BCUT2D eigenvalue weighted by Crippen LogP contribution is -2.42. The summed E-state index contributed by atoms with van der Waals surface area (Å²) in [7, 11) is 0. The Morgan fingerprint density at radius 2 is 1.57 bits per heavy atom. The van der Waals surface area contributed by atoms with Crippen molar-refractivity contribution in [3.63, 3.8) is 0 Å². The van der Waals surface area contributed by atoms with Crippen molar-refractivity contribution >= 4 is 0 Å². The van der Waals surface area contributed by atoms with Gasteiger partial charge in [0.15, 0.2) is 0 Å². The lowest BCUT2D eigenvalue weighted by atomic mass is 9.68. The van der Waals surface area contributed by atoms with Crippen molar-refractivity contribution < 1.29 is 0 Å². The Morgan fingerprint density at radius 1 is 0.952 bits per heavy atom. The maximum absolute atomic E-state index is 3.76. The Morgan fingerprint density at radius 3 is 2.05 bits per heavy atom. The number of hydrogen-bond donors (Lipinski definition) is 1.